The molecule has 0 unspecified atom stereocenters. The topological polar surface area (TPSA) is 37.5 Å². The summed E-state index contributed by atoms with van der Waals surface area (Å²) in [5.41, 5.74) is 3.64. The van der Waals surface area contributed by atoms with Crippen molar-refractivity contribution in [3.8, 4) is 11.6 Å². The number of halogens is 2. The van der Waals surface area contributed by atoms with Gasteiger partial charge in [0.05, 0.1) is 16.3 Å². The molecular weight excluding hydrogens is 440 g/mol. The summed E-state index contributed by atoms with van der Waals surface area (Å²) in [5, 5.41) is 11.3. The quantitative estimate of drug-likeness (QED) is 0.445. The number of allylic oxidation sites excluding steroid dienone is 1. The van der Waals surface area contributed by atoms with Gasteiger partial charge in [0.2, 0.25) is 5.88 Å². The number of benzene rings is 2. The van der Waals surface area contributed by atoms with Crippen LogP contribution >= 0.6 is 51.1 Å². The molecule has 0 atom stereocenters. The summed E-state index contributed by atoms with van der Waals surface area (Å²) in [6, 6.07) is 13.1. The fourth-order valence-corrected chi connectivity index (χ4v) is 4.40. The van der Waals surface area contributed by atoms with Gasteiger partial charge in [0.15, 0.2) is 3.95 Å². The summed E-state index contributed by atoms with van der Waals surface area (Å²) in [6.07, 6.45) is 3.70. The van der Waals surface area contributed by atoms with Crippen molar-refractivity contribution in [1.29, 1.82) is 0 Å². The first-order valence-electron chi connectivity index (χ1n) is 7.29. The summed E-state index contributed by atoms with van der Waals surface area (Å²) in [6.45, 7) is 0. The van der Waals surface area contributed by atoms with Gasteiger partial charge in [-0.05, 0) is 60.8 Å². The molecule has 0 saturated carbocycles. The average molecular weight is 450 g/mol. The molecule has 7 heteroatoms. The van der Waals surface area contributed by atoms with Crippen LogP contribution in [0, 0.1) is 3.95 Å². The molecule has 3 nitrogen and oxygen atoms in total. The minimum Gasteiger partial charge on any atom is -0.493 e. The summed E-state index contributed by atoms with van der Waals surface area (Å²) in [5.74, 6) is 0.113. The number of aliphatic imine (C=N–C) groups is 1. The molecule has 124 valence electrons. The molecule has 1 aliphatic rings. The minimum atomic E-state index is 0.113. The first-order chi connectivity index (χ1) is 12.0. The molecule has 0 bridgehead atoms. The zero-order chi connectivity index (χ0) is 17.6. The first kappa shape index (κ1) is 16.7. The van der Waals surface area contributed by atoms with Crippen LogP contribution in [0.5, 0.6) is 5.88 Å². The number of hydrogen-bond acceptors (Lipinski definition) is 4. The Labute approximate surface area is 166 Å². The van der Waals surface area contributed by atoms with E-state index in [1.165, 1.54) is 11.3 Å². The summed E-state index contributed by atoms with van der Waals surface area (Å²) in [4.78, 5) is 5.10. The van der Waals surface area contributed by atoms with E-state index in [0.29, 0.717) is 13.9 Å². The molecule has 0 radical (unpaired) electrons. The monoisotopic (exact) mass is 448 g/mol. The van der Waals surface area contributed by atoms with Crippen LogP contribution in [0.15, 0.2) is 51.9 Å². The molecule has 0 saturated heterocycles. The fourth-order valence-electron chi connectivity index (χ4n) is 2.61. The molecule has 4 rings (SSSR count). The van der Waals surface area contributed by atoms with Crippen molar-refractivity contribution in [2.24, 2.45) is 4.99 Å². The van der Waals surface area contributed by atoms with Crippen molar-refractivity contribution in [3.05, 3.63) is 66.4 Å². The fraction of sp³-hybridized carbons (Fsp3) is 0. The molecule has 1 aliphatic heterocycles. The molecule has 0 aliphatic carbocycles. The van der Waals surface area contributed by atoms with Crippen LogP contribution in [0.4, 0.5) is 5.69 Å². The highest BCUT2D eigenvalue weighted by molar-refractivity contribution is 9.10. The second-order valence-electron chi connectivity index (χ2n) is 5.39. The van der Waals surface area contributed by atoms with Crippen LogP contribution in [-0.4, -0.2) is 15.9 Å². The molecule has 2 heterocycles. The normalized spacial score (nSPS) is 14.2. The summed E-state index contributed by atoms with van der Waals surface area (Å²) in [7, 11) is 0. The van der Waals surface area contributed by atoms with E-state index in [1.54, 1.807) is 22.9 Å². The minimum absolute atomic E-state index is 0.113. The SMILES string of the molecule is Oc1c(C=C2C=Nc3ccc(Br)cc32)sc(=S)n1-c1ccc(Cl)cc1. The Morgan fingerprint density at radius 3 is 2.72 bits per heavy atom. The Morgan fingerprint density at radius 2 is 1.96 bits per heavy atom. The van der Waals surface area contributed by atoms with E-state index in [1.807, 2.05) is 36.4 Å². The van der Waals surface area contributed by atoms with Gasteiger partial charge < -0.3 is 5.11 Å². The molecule has 25 heavy (non-hydrogen) atoms. The lowest BCUT2D eigenvalue weighted by molar-refractivity contribution is 0.441. The second-order valence-corrected chi connectivity index (χ2v) is 8.41. The Bertz CT molecular complexity index is 1100. The molecular formula is C18H10BrClN2OS2. The van der Waals surface area contributed by atoms with Crippen LogP contribution in [0.3, 0.4) is 0 Å². The number of fused-ring (bicyclic) bond motifs is 1. The van der Waals surface area contributed by atoms with Crippen LogP contribution in [0.1, 0.15) is 10.4 Å². The molecule has 3 aromatic rings. The van der Waals surface area contributed by atoms with Crippen molar-refractivity contribution in [3.63, 3.8) is 0 Å². The van der Waals surface area contributed by atoms with Crippen LogP contribution in [0.25, 0.3) is 17.3 Å². The summed E-state index contributed by atoms with van der Waals surface area (Å²) < 4.78 is 3.19. The van der Waals surface area contributed by atoms with Gasteiger partial charge in [-0.2, -0.15) is 0 Å². The maximum Gasteiger partial charge on any atom is 0.215 e. The molecule has 0 spiro atoms. The van der Waals surface area contributed by atoms with E-state index in [4.69, 9.17) is 23.8 Å². The summed E-state index contributed by atoms with van der Waals surface area (Å²) >= 11 is 16.2. The predicted octanol–water partition coefficient (Wildman–Crippen LogP) is 6.65. The van der Waals surface area contributed by atoms with E-state index in [0.717, 1.165) is 27.0 Å². The van der Waals surface area contributed by atoms with E-state index in [2.05, 4.69) is 20.9 Å². The van der Waals surface area contributed by atoms with E-state index < -0.39 is 0 Å². The standard InChI is InChI=1S/C18H10BrClN2OS2/c19-11-1-6-15-14(8-11)10(9-21-15)7-16-17(23)22(18(24)25-16)13-4-2-12(20)3-5-13/h1-9,23H. The van der Waals surface area contributed by atoms with E-state index >= 15 is 0 Å². The van der Waals surface area contributed by atoms with Gasteiger partial charge in [-0.1, -0.05) is 27.5 Å². The molecule has 0 amide bonds. The Hall–Kier alpha value is -1.73. The molecule has 1 aromatic heterocycles. The third-order valence-corrected chi connectivity index (χ3v) is 5.85. The van der Waals surface area contributed by atoms with Crippen LogP contribution < -0.4 is 0 Å². The van der Waals surface area contributed by atoms with Gasteiger partial charge in [0, 0.05) is 26.8 Å². The Morgan fingerprint density at radius 1 is 1.20 bits per heavy atom. The lowest BCUT2D eigenvalue weighted by Gasteiger charge is -2.05. The second kappa shape index (κ2) is 6.53. The van der Waals surface area contributed by atoms with Gasteiger partial charge in [-0.15, -0.1) is 11.3 Å². The van der Waals surface area contributed by atoms with Crippen molar-refractivity contribution >= 4 is 74.6 Å². The highest BCUT2D eigenvalue weighted by atomic mass is 79.9. The first-order valence-corrected chi connectivity index (χ1v) is 9.69. The number of aromatic nitrogens is 1. The number of hydrogen-bond donors (Lipinski definition) is 1. The van der Waals surface area contributed by atoms with E-state index in [-0.39, 0.29) is 5.88 Å². The maximum atomic E-state index is 10.7. The smallest absolute Gasteiger partial charge is 0.215 e. The van der Waals surface area contributed by atoms with Gasteiger partial charge in [0.25, 0.3) is 0 Å². The molecule has 1 N–H and O–H groups in total. The van der Waals surface area contributed by atoms with Gasteiger partial charge >= 0.3 is 0 Å². The van der Waals surface area contributed by atoms with Crippen molar-refractivity contribution < 1.29 is 5.11 Å². The number of thiazole rings is 1. The number of aromatic hydroxyl groups is 1. The Kier molecular flexibility index (Phi) is 4.37. The Balaban J connectivity index is 1.81. The number of rotatable bonds is 2. The third-order valence-electron chi connectivity index (χ3n) is 3.80. The highest BCUT2D eigenvalue weighted by Gasteiger charge is 2.16. The predicted molar refractivity (Wildman–Crippen MR) is 111 cm³/mol. The third kappa shape index (κ3) is 3.11. The van der Waals surface area contributed by atoms with Gasteiger partial charge in [-0.3, -0.25) is 9.56 Å². The van der Waals surface area contributed by atoms with Crippen molar-refractivity contribution in [2.75, 3.05) is 0 Å². The zero-order valence-electron chi connectivity index (χ0n) is 12.6. The van der Waals surface area contributed by atoms with Gasteiger partial charge in [-0.25, -0.2) is 0 Å². The number of nitrogens with zero attached hydrogens (tertiary/aromatic N) is 2. The lowest BCUT2D eigenvalue weighted by atomic mass is 10.1. The maximum absolute atomic E-state index is 10.7. The van der Waals surface area contributed by atoms with Gasteiger partial charge in [0.1, 0.15) is 0 Å². The van der Waals surface area contributed by atoms with Crippen LogP contribution in [-0.2, 0) is 0 Å². The van der Waals surface area contributed by atoms with Crippen LogP contribution in [0.2, 0.25) is 5.02 Å². The largest absolute Gasteiger partial charge is 0.493 e. The van der Waals surface area contributed by atoms with Crippen molar-refractivity contribution in [2.45, 2.75) is 0 Å². The highest BCUT2D eigenvalue weighted by Crippen LogP contribution is 2.38. The lowest BCUT2D eigenvalue weighted by Crippen LogP contribution is -1.92. The van der Waals surface area contributed by atoms with E-state index in [9.17, 15) is 5.11 Å². The van der Waals surface area contributed by atoms with Crippen molar-refractivity contribution in [1.82, 2.24) is 4.57 Å². The molecule has 0 fully saturated rings. The zero-order valence-corrected chi connectivity index (χ0v) is 16.6. The molecule has 2 aromatic carbocycles. The average Bonchev–Trinajstić information content (AvgIpc) is 3.10.